The van der Waals surface area contributed by atoms with Gasteiger partial charge in [-0.1, -0.05) is 29.8 Å². The fourth-order valence-electron chi connectivity index (χ4n) is 1.52. The average molecular weight is 283 g/mol. The van der Waals surface area contributed by atoms with Crippen molar-refractivity contribution in [3.63, 3.8) is 0 Å². The first-order chi connectivity index (χ1) is 8.63. The van der Waals surface area contributed by atoms with Gasteiger partial charge in [0.1, 0.15) is 5.82 Å². The standard InChI is InChI=1S/C12H8Cl2N2O2/c13-5-10-15-6-8(11(16-10)12(17)18)7-3-1-2-4-9(7)14/h1-4,6H,5H2,(H,17,18). The minimum atomic E-state index is -1.14. The van der Waals surface area contributed by atoms with Crippen LogP contribution in [-0.4, -0.2) is 21.0 Å². The second-order valence-corrected chi connectivity index (χ2v) is 4.14. The van der Waals surface area contributed by atoms with Gasteiger partial charge in [-0.15, -0.1) is 11.6 Å². The van der Waals surface area contributed by atoms with Crippen molar-refractivity contribution in [3.8, 4) is 11.1 Å². The second-order valence-electron chi connectivity index (χ2n) is 3.47. The molecule has 0 aliphatic rings. The summed E-state index contributed by atoms with van der Waals surface area (Å²) in [5.41, 5.74) is 0.855. The molecule has 0 bridgehead atoms. The molecule has 0 saturated carbocycles. The molecule has 92 valence electrons. The van der Waals surface area contributed by atoms with Gasteiger partial charge >= 0.3 is 5.97 Å². The fraction of sp³-hybridized carbons (Fsp3) is 0.0833. The van der Waals surface area contributed by atoms with Crippen LogP contribution in [0.4, 0.5) is 0 Å². The molecule has 2 rings (SSSR count). The smallest absolute Gasteiger partial charge is 0.355 e. The van der Waals surface area contributed by atoms with Gasteiger partial charge in [-0.3, -0.25) is 0 Å². The van der Waals surface area contributed by atoms with E-state index in [4.69, 9.17) is 28.3 Å². The highest BCUT2D eigenvalue weighted by molar-refractivity contribution is 6.33. The number of aromatic nitrogens is 2. The molecular weight excluding hydrogens is 275 g/mol. The van der Waals surface area contributed by atoms with Gasteiger partial charge in [0.05, 0.1) is 5.88 Å². The molecule has 0 unspecified atom stereocenters. The number of carboxylic acid groups (broad SMARTS) is 1. The quantitative estimate of drug-likeness (QED) is 0.878. The minimum Gasteiger partial charge on any atom is -0.476 e. The van der Waals surface area contributed by atoms with Gasteiger partial charge < -0.3 is 5.11 Å². The van der Waals surface area contributed by atoms with Gasteiger partial charge in [-0.2, -0.15) is 0 Å². The lowest BCUT2D eigenvalue weighted by molar-refractivity contribution is 0.0691. The summed E-state index contributed by atoms with van der Waals surface area (Å²) < 4.78 is 0. The molecule has 1 N–H and O–H groups in total. The van der Waals surface area contributed by atoms with Gasteiger partial charge in [0, 0.05) is 22.3 Å². The number of halogens is 2. The van der Waals surface area contributed by atoms with E-state index in [0.29, 0.717) is 16.1 Å². The van der Waals surface area contributed by atoms with E-state index in [1.165, 1.54) is 6.20 Å². The first-order valence-electron chi connectivity index (χ1n) is 5.03. The zero-order chi connectivity index (χ0) is 13.1. The average Bonchev–Trinajstić information content (AvgIpc) is 2.38. The summed E-state index contributed by atoms with van der Waals surface area (Å²) in [6.45, 7) is 0. The molecule has 1 aromatic carbocycles. The van der Waals surface area contributed by atoms with Crippen molar-refractivity contribution in [1.82, 2.24) is 9.97 Å². The van der Waals surface area contributed by atoms with Crippen LogP contribution in [0, 0.1) is 0 Å². The zero-order valence-electron chi connectivity index (χ0n) is 9.10. The molecule has 0 aliphatic heterocycles. The summed E-state index contributed by atoms with van der Waals surface area (Å²) in [5, 5.41) is 9.61. The summed E-state index contributed by atoms with van der Waals surface area (Å²) >= 11 is 11.6. The highest BCUT2D eigenvalue weighted by Crippen LogP contribution is 2.29. The van der Waals surface area contributed by atoms with Crippen LogP contribution in [-0.2, 0) is 5.88 Å². The van der Waals surface area contributed by atoms with Crippen LogP contribution in [0.15, 0.2) is 30.5 Å². The van der Waals surface area contributed by atoms with Crippen LogP contribution in [0.3, 0.4) is 0 Å². The second kappa shape index (κ2) is 5.33. The van der Waals surface area contributed by atoms with Gasteiger partial charge in [-0.25, -0.2) is 14.8 Å². The van der Waals surface area contributed by atoms with Crippen molar-refractivity contribution < 1.29 is 9.90 Å². The largest absolute Gasteiger partial charge is 0.476 e. The zero-order valence-corrected chi connectivity index (χ0v) is 10.6. The maximum absolute atomic E-state index is 11.2. The summed E-state index contributed by atoms with van der Waals surface area (Å²) in [5.74, 6) is -0.813. The van der Waals surface area contributed by atoms with Crippen LogP contribution in [0.2, 0.25) is 5.02 Å². The normalized spacial score (nSPS) is 10.3. The lowest BCUT2D eigenvalue weighted by Crippen LogP contribution is -2.07. The first-order valence-corrected chi connectivity index (χ1v) is 5.95. The highest BCUT2D eigenvalue weighted by atomic mass is 35.5. The predicted octanol–water partition coefficient (Wildman–Crippen LogP) is 3.23. The van der Waals surface area contributed by atoms with Crippen LogP contribution in [0.5, 0.6) is 0 Å². The third-order valence-corrected chi connectivity index (χ3v) is 2.89. The topological polar surface area (TPSA) is 63.1 Å². The Kier molecular flexibility index (Phi) is 3.79. The fourth-order valence-corrected chi connectivity index (χ4v) is 1.89. The monoisotopic (exact) mass is 282 g/mol. The van der Waals surface area contributed by atoms with Crippen molar-refractivity contribution in [3.05, 3.63) is 47.0 Å². The number of carboxylic acids is 1. The third-order valence-electron chi connectivity index (χ3n) is 2.32. The lowest BCUT2D eigenvalue weighted by Gasteiger charge is -2.07. The van der Waals surface area contributed by atoms with Gasteiger partial charge in [0.15, 0.2) is 5.69 Å². The van der Waals surface area contributed by atoms with Crippen LogP contribution in [0.25, 0.3) is 11.1 Å². The SMILES string of the molecule is O=C(O)c1nc(CCl)ncc1-c1ccccc1Cl. The van der Waals surface area contributed by atoms with Crippen molar-refractivity contribution in [1.29, 1.82) is 0 Å². The molecule has 0 amide bonds. The number of alkyl halides is 1. The van der Waals surface area contributed by atoms with Crippen molar-refractivity contribution in [2.75, 3.05) is 0 Å². The Morgan fingerprint density at radius 1 is 1.28 bits per heavy atom. The maximum Gasteiger partial charge on any atom is 0.355 e. The maximum atomic E-state index is 11.2. The molecule has 1 heterocycles. The van der Waals surface area contributed by atoms with E-state index in [1.807, 2.05) is 0 Å². The van der Waals surface area contributed by atoms with Crippen LogP contribution < -0.4 is 0 Å². The minimum absolute atomic E-state index is 0.0586. The predicted molar refractivity (Wildman–Crippen MR) is 69.0 cm³/mol. The molecule has 0 saturated heterocycles. The molecule has 0 spiro atoms. The van der Waals surface area contributed by atoms with E-state index in [2.05, 4.69) is 9.97 Å². The Morgan fingerprint density at radius 3 is 2.61 bits per heavy atom. The Bertz CT molecular complexity index is 602. The van der Waals surface area contributed by atoms with Crippen LogP contribution in [0.1, 0.15) is 16.3 Å². The molecular formula is C12H8Cl2N2O2. The summed E-state index contributed by atoms with van der Waals surface area (Å²) in [6, 6.07) is 6.92. The molecule has 0 radical (unpaired) electrons. The number of hydrogen-bond donors (Lipinski definition) is 1. The molecule has 4 nitrogen and oxygen atoms in total. The number of aromatic carboxylic acids is 1. The number of rotatable bonds is 3. The number of nitrogens with zero attached hydrogens (tertiary/aromatic N) is 2. The highest BCUT2D eigenvalue weighted by Gasteiger charge is 2.16. The molecule has 2 aromatic rings. The van der Waals surface area contributed by atoms with E-state index < -0.39 is 5.97 Å². The van der Waals surface area contributed by atoms with Crippen molar-refractivity contribution in [2.45, 2.75) is 5.88 Å². The molecule has 0 atom stereocenters. The molecule has 0 fully saturated rings. The first kappa shape index (κ1) is 12.8. The molecule has 1 aromatic heterocycles. The Morgan fingerprint density at radius 2 is 2.00 bits per heavy atom. The number of benzene rings is 1. The van der Waals surface area contributed by atoms with Crippen molar-refractivity contribution in [2.24, 2.45) is 0 Å². The van der Waals surface area contributed by atoms with E-state index >= 15 is 0 Å². The lowest BCUT2D eigenvalue weighted by atomic mass is 10.1. The molecule has 6 heteroatoms. The van der Waals surface area contributed by atoms with E-state index in [1.54, 1.807) is 24.3 Å². The van der Waals surface area contributed by atoms with E-state index in [9.17, 15) is 4.79 Å². The van der Waals surface area contributed by atoms with E-state index in [-0.39, 0.29) is 17.4 Å². The summed E-state index contributed by atoms with van der Waals surface area (Å²) in [7, 11) is 0. The van der Waals surface area contributed by atoms with E-state index in [0.717, 1.165) is 0 Å². The summed E-state index contributed by atoms with van der Waals surface area (Å²) in [6.07, 6.45) is 1.43. The van der Waals surface area contributed by atoms with Gasteiger partial charge in [-0.05, 0) is 6.07 Å². The molecule has 18 heavy (non-hydrogen) atoms. The van der Waals surface area contributed by atoms with Crippen molar-refractivity contribution >= 4 is 29.2 Å². The third kappa shape index (κ3) is 2.44. The Balaban J connectivity index is 2.64. The van der Waals surface area contributed by atoms with Gasteiger partial charge in [0.2, 0.25) is 0 Å². The number of carbonyl (C=O) groups is 1. The number of hydrogen-bond acceptors (Lipinski definition) is 3. The van der Waals surface area contributed by atoms with Crippen LogP contribution >= 0.6 is 23.2 Å². The Hall–Kier alpha value is -1.65. The summed E-state index contributed by atoms with van der Waals surface area (Å²) in [4.78, 5) is 19.1. The Labute approximate surface area is 113 Å². The van der Waals surface area contributed by atoms with Gasteiger partial charge in [0.25, 0.3) is 0 Å². The molecule has 0 aliphatic carbocycles.